The van der Waals surface area contributed by atoms with E-state index in [-0.39, 0.29) is 5.91 Å². The first-order valence-electron chi connectivity index (χ1n) is 7.88. The van der Waals surface area contributed by atoms with Gasteiger partial charge in [-0.05, 0) is 31.0 Å². The van der Waals surface area contributed by atoms with Crippen molar-refractivity contribution in [2.24, 2.45) is 0 Å². The monoisotopic (exact) mass is 366 g/mol. The molecule has 0 fully saturated rings. The van der Waals surface area contributed by atoms with Gasteiger partial charge in [-0.3, -0.25) is 4.79 Å². The maximum Gasteiger partial charge on any atom is 0.274 e. The Morgan fingerprint density at radius 2 is 1.67 bits per heavy atom. The van der Waals surface area contributed by atoms with Crippen LogP contribution in [0.4, 0.5) is 11.5 Å². The fourth-order valence-corrected chi connectivity index (χ4v) is 2.82. The van der Waals surface area contributed by atoms with Crippen molar-refractivity contribution in [2.75, 3.05) is 18.4 Å². The molecular formula is C17H20Cl2N4O. The molecule has 0 aliphatic carbocycles. The van der Waals surface area contributed by atoms with Crippen LogP contribution < -0.4 is 5.32 Å². The van der Waals surface area contributed by atoms with E-state index in [2.05, 4.69) is 15.3 Å². The number of amides is 1. The van der Waals surface area contributed by atoms with Crippen LogP contribution in [0, 0.1) is 0 Å². The average Bonchev–Trinajstić information content (AvgIpc) is 2.54. The van der Waals surface area contributed by atoms with Crippen LogP contribution >= 0.6 is 23.2 Å². The Balaban J connectivity index is 2.10. The number of carbonyl (C=O) groups is 1. The summed E-state index contributed by atoms with van der Waals surface area (Å²) in [5.74, 6) is 0.422. The van der Waals surface area contributed by atoms with Gasteiger partial charge < -0.3 is 10.2 Å². The minimum absolute atomic E-state index is 0.0939. The summed E-state index contributed by atoms with van der Waals surface area (Å²) in [4.78, 5) is 22.7. The summed E-state index contributed by atoms with van der Waals surface area (Å²) in [5.41, 5.74) is 1.05. The second-order valence-corrected chi connectivity index (χ2v) is 6.24. The molecule has 1 amide bonds. The number of hydrogen-bond acceptors (Lipinski definition) is 4. The molecule has 0 unspecified atom stereocenters. The number of carbonyl (C=O) groups excluding carboxylic acids is 1. The first kappa shape index (κ1) is 18.5. The van der Waals surface area contributed by atoms with Gasteiger partial charge in [0.1, 0.15) is 11.5 Å². The highest BCUT2D eigenvalue weighted by molar-refractivity contribution is 6.35. The largest absolute Gasteiger partial charge is 0.339 e. The topological polar surface area (TPSA) is 58.1 Å². The van der Waals surface area contributed by atoms with Gasteiger partial charge >= 0.3 is 0 Å². The molecule has 0 spiro atoms. The van der Waals surface area contributed by atoms with E-state index in [1.165, 1.54) is 12.4 Å². The average molecular weight is 367 g/mol. The Morgan fingerprint density at radius 1 is 1.04 bits per heavy atom. The number of nitrogens with zero attached hydrogens (tertiary/aromatic N) is 3. The van der Waals surface area contributed by atoms with Crippen LogP contribution in [0.25, 0.3) is 0 Å². The number of nitrogens with one attached hydrogen (secondary N) is 1. The summed E-state index contributed by atoms with van der Waals surface area (Å²) in [5, 5.41) is 4.12. The second-order valence-electron chi connectivity index (χ2n) is 5.36. The first-order valence-corrected chi connectivity index (χ1v) is 8.63. The highest BCUT2D eigenvalue weighted by Crippen LogP contribution is 2.24. The van der Waals surface area contributed by atoms with Crippen LogP contribution in [-0.2, 0) is 0 Å². The van der Waals surface area contributed by atoms with Gasteiger partial charge in [0.05, 0.1) is 12.4 Å². The minimum atomic E-state index is -0.0939. The van der Waals surface area contributed by atoms with E-state index in [0.29, 0.717) is 27.2 Å². The summed E-state index contributed by atoms with van der Waals surface area (Å²) in [7, 11) is 0. The zero-order chi connectivity index (χ0) is 17.5. The molecular weight excluding hydrogens is 347 g/mol. The molecule has 1 heterocycles. The van der Waals surface area contributed by atoms with Crippen molar-refractivity contribution in [1.29, 1.82) is 0 Å². The molecule has 2 aromatic rings. The molecule has 0 radical (unpaired) electrons. The highest BCUT2D eigenvalue weighted by Gasteiger charge is 2.16. The molecule has 24 heavy (non-hydrogen) atoms. The fraction of sp³-hybridized carbons (Fsp3) is 0.353. The molecule has 5 nitrogen and oxygen atoms in total. The number of aromatic nitrogens is 2. The van der Waals surface area contributed by atoms with Crippen LogP contribution in [-0.4, -0.2) is 33.9 Å². The Kier molecular flexibility index (Phi) is 6.82. The molecule has 0 aliphatic heterocycles. The number of benzene rings is 1. The lowest BCUT2D eigenvalue weighted by atomic mass is 10.3. The van der Waals surface area contributed by atoms with Crippen LogP contribution in [0.5, 0.6) is 0 Å². The number of halogens is 2. The Bertz CT molecular complexity index is 665. The van der Waals surface area contributed by atoms with Gasteiger partial charge in [0, 0.05) is 28.8 Å². The molecule has 2 rings (SSSR count). The molecule has 0 saturated carbocycles. The van der Waals surface area contributed by atoms with E-state index in [1.807, 2.05) is 13.8 Å². The van der Waals surface area contributed by atoms with E-state index in [1.54, 1.807) is 23.1 Å². The zero-order valence-electron chi connectivity index (χ0n) is 13.7. The Hall–Kier alpha value is -1.85. The summed E-state index contributed by atoms with van der Waals surface area (Å²) in [6.07, 6.45) is 4.83. The third kappa shape index (κ3) is 5.08. The molecule has 1 aromatic carbocycles. The fourth-order valence-electron chi connectivity index (χ4n) is 2.29. The molecule has 0 aliphatic rings. The van der Waals surface area contributed by atoms with Crippen molar-refractivity contribution < 1.29 is 4.79 Å². The van der Waals surface area contributed by atoms with Crippen LogP contribution in [0.15, 0.2) is 30.6 Å². The normalized spacial score (nSPS) is 10.5. The van der Waals surface area contributed by atoms with Crippen molar-refractivity contribution in [3.05, 3.63) is 46.3 Å². The lowest BCUT2D eigenvalue weighted by molar-refractivity contribution is 0.0749. The molecule has 0 atom stereocenters. The van der Waals surface area contributed by atoms with E-state index in [0.717, 1.165) is 25.9 Å². The Morgan fingerprint density at radius 3 is 2.17 bits per heavy atom. The van der Waals surface area contributed by atoms with Crippen LogP contribution in [0.2, 0.25) is 10.0 Å². The van der Waals surface area contributed by atoms with E-state index in [9.17, 15) is 4.79 Å². The molecule has 128 valence electrons. The van der Waals surface area contributed by atoms with Crippen molar-refractivity contribution in [2.45, 2.75) is 26.7 Å². The first-order chi connectivity index (χ1) is 11.5. The standard InChI is InChI=1S/C17H20Cl2N4O/c1-3-5-23(6-4-2)17(24)15-10-21-16(11-20-15)22-14-8-12(18)7-13(19)9-14/h7-11H,3-6H2,1-2H3,(H,21,22). The zero-order valence-corrected chi connectivity index (χ0v) is 15.2. The number of hydrogen-bond donors (Lipinski definition) is 1. The molecule has 1 N–H and O–H groups in total. The van der Waals surface area contributed by atoms with Crippen LogP contribution in [0.3, 0.4) is 0 Å². The summed E-state index contributed by atoms with van der Waals surface area (Å²) in [6.45, 7) is 5.53. The smallest absolute Gasteiger partial charge is 0.274 e. The summed E-state index contributed by atoms with van der Waals surface area (Å²) in [6, 6.07) is 5.12. The summed E-state index contributed by atoms with van der Waals surface area (Å²) >= 11 is 11.9. The molecule has 7 heteroatoms. The van der Waals surface area contributed by atoms with Crippen molar-refractivity contribution in [3.63, 3.8) is 0 Å². The Labute approximate surface area is 152 Å². The van der Waals surface area contributed by atoms with E-state index < -0.39 is 0 Å². The quantitative estimate of drug-likeness (QED) is 0.765. The predicted octanol–water partition coefficient (Wildman–Crippen LogP) is 4.79. The van der Waals surface area contributed by atoms with Gasteiger partial charge in [0.25, 0.3) is 5.91 Å². The highest BCUT2D eigenvalue weighted by atomic mass is 35.5. The van der Waals surface area contributed by atoms with E-state index >= 15 is 0 Å². The third-order valence-corrected chi connectivity index (χ3v) is 3.72. The maximum absolute atomic E-state index is 12.5. The maximum atomic E-state index is 12.5. The van der Waals surface area contributed by atoms with Gasteiger partial charge in [0.2, 0.25) is 0 Å². The van der Waals surface area contributed by atoms with Gasteiger partial charge in [-0.2, -0.15) is 0 Å². The molecule has 0 saturated heterocycles. The minimum Gasteiger partial charge on any atom is -0.339 e. The predicted molar refractivity (Wildman–Crippen MR) is 98.3 cm³/mol. The van der Waals surface area contributed by atoms with Gasteiger partial charge in [0.15, 0.2) is 0 Å². The van der Waals surface area contributed by atoms with Gasteiger partial charge in [-0.1, -0.05) is 37.0 Å². The third-order valence-electron chi connectivity index (χ3n) is 3.28. The van der Waals surface area contributed by atoms with E-state index in [4.69, 9.17) is 23.2 Å². The lowest BCUT2D eigenvalue weighted by Gasteiger charge is -2.20. The molecule has 1 aromatic heterocycles. The van der Waals surface area contributed by atoms with Crippen molar-refractivity contribution >= 4 is 40.6 Å². The van der Waals surface area contributed by atoms with Crippen molar-refractivity contribution in [1.82, 2.24) is 14.9 Å². The number of anilines is 2. The number of rotatable bonds is 7. The second kappa shape index (κ2) is 8.85. The summed E-state index contributed by atoms with van der Waals surface area (Å²) < 4.78 is 0. The van der Waals surface area contributed by atoms with Crippen LogP contribution in [0.1, 0.15) is 37.2 Å². The van der Waals surface area contributed by atoms with Crippen molar-refractivity contribution in [3.8, 4) is 0 Å². The molecule has 0 bridgehead atoms. The lowest BCUT2D eigenvalue weighted by Crippen LogP contribution is -2.33. The SMILES string of the molecule is CCCN(CCC)C(=O)c1cnc(Nc2cc(Cl)cc(Cl)c2)cn1. The van der Waals surface area contributed by atoms with Gasteiger partial charge in [-0.25, -0.2) is 9.97 Å². The van der Waals surface area contributed by atoms with Gasteiger partial charge in [-0.15, -0.1) is 0 Å².